The van der Waals surface area contributed by atoms with Crippen molar-refractivity contribution in [3.05, 3.63) is 63.6 Å². The predicted molar refractivity (Wildman–Crippen MR) is 77.8 cm³/mol. The first-order chi connectivity index (χ1) is 9.02. The highest BCUT2D eigenvalue weighted by molar-refractivity contribution is 9.10. The van der Waals surface area contributed by atoms with E-state index in [-0.39, 0.29) is 10.0 Å². The quantitative estimate of drug-likeness (QED) is 0.514. The molecular formula is C14H10Br2F2O. The third kappa shape index (κ3) is 3.15. The smallest absolute Gasteiger partial charge is 0.137 e. The maximum atomic E-state index is 13.9. The summed E-state index contributed by atoms with van der Waals surface area (Å²) < 4.78 is 32.6. The van der Waals surface area contributed by atoms with Crippen LogP contribution in [0.1, 0.15) is 16.0 Å². The van der Waals surface area contributed by atoms with Gasteiger partial charge in [-0.3, -0.25) is 0 Å². The van der Waals surface area contributed by atoms with E-state index in [4.69, 9.17) is 4.74 Å². The lowest BCUT2D eigenvalue weighted by Crippen LogP contribution is -1.99. The van der Waals surface area contributed by atoms with Gasteiger partial charge >= 0.3 is 0 Å². The summed E-state index contributed by atoms with van der Waals surface area (Å²) in [5, 5.41) is 0. The largest absolute Gasteiger partial charge is 0.497 e. The van der Waals surface area contributed by atoms with Crippen molar-refractivity contribution >= 4 is 31.9 Å². The highest BCUT2D eigenvalue weighted by Crippen LogP contribution is 2.35. The number of ether oxygens (including phenoxy) is 1. The Morgan fingerprint density at radius 3 is 2.53 bits per heavy atom. The molecule has 0 N–H and O–H groups in total. The van der Waals surface area contributed by atoms with Crippen molar-refractivity contribution < 1.29 is 13.5 Å². The average Bonchev–Trinajstić information content (AvgIpc) is 2.42. The molecule has 0 saturated carbocycles. The van der Waals surface area contributed by atoms with E-state index in [0.717, 1.165) is 11.6 Å². The third-order valence-corrected chi connectivity index (χ3v) is 4.33. The van der Waals surface area contributed by atoms with Crippen LogP contribution < -0.4 is 4.74 Å². The fraction of sp³-hybridized carbons (Fsp3) is 0.143. The van der Waals surface area contributed by atoms with Crippen LogP contribution in [0.3, 0.4) is 0 Å². The van der Waals surface area contributed by atoms with Crippen LogP contribution in [-0.2, 0) is 0 Å². The molecule has 1 nitrogen and oxygen atoms in total. The minimum atomic E-state index is -0.497. The zero-order valence-electron chi connectivity index (χ0n) is 9.96. The van der Waals surface area contributed by atoms with E-state index in [1.165, 1.54) is 6.07 Å². The van der Waals surface area contributed by atoms with Crippen LogP contribution in [0.15, 0.2) is 40.9 Å². The molecule has 0 fully saturated rings. The molecule has 0 spiro atoms. The van der Waals surface area contributed by atoms with Crippen LogP contribution in [0.2, 0.25) is 0 Å². The zero-order chi connectivity index (χ0) is 14.0. The molecule has 0 radical (unpaired) electrons. The normalized spacial score (nSPS) is 12.3. The van der Waals surface area contributed by atoms with E-state index in [1.807, 2.05) is 6.07 Å². The lowest BCUT2D eigenvalue weighted by Gasteiger charge is -2.13. The van der Waals surface area contributed by atoms with Crippen LogP contribution in [0, 0.1) is 11.6 Å². The topological polar surface area (TPSA) is 9.23 Å². The van der Waals surface area contributed by atoms with Gasteiger partial charge in [0, 0.05) is 5.56 Å². The molecule has 0 saturated heterocycles. The summed E-state index contributed by atoms with van der Waals surface area (Å²) >= 11 is 6.35. The van der Waals surface area contributed by atoms with Crippen LogP contribution >= 0.6 is 31.9 Å². The van der Waals surface area contributed by atoms with Crippen molar-refractivity contribution in [3.8, 4) is 5.75 Å². The molecule has 5 heteroatoms. The van der Waals surface area contributed by atoms with Crippen LogP contribution in [0.5, 0.6) is 5.75 Å². The van der Waals surface area contributed by atoms with Gasteiger partial charge in [0.05, 0.1) is 16.4 Å². The standard InChI is InChI=1S/C14H10Br2F2O/c1-19-9-4-2-3-8(5-9)14(16)10-6-13(18)11(15)7-12(10)17/h2-7,14H,1H3. The molecule has 2 aromatic rings. The molecule has 2 rings (SSSR count). The van der Waals surface area contributed by atoms with Gasteiger partial charge in [-0.05, 0) is 45.8 Å². The molecule has 0 aliphatic carbocycles. The first kappa shape index (κ1) is 14.5. The Morgan fingerprint density at radius 2 is 1.84 bits per heavy atom. The molecule has 2 aromatic carbocycles. The summed E-state index contributed by atoms with van der Waals surface area (Å²) in [5.74, 6) is -0.304. The maximum Gasteiger partial charge on any atom is 0.137 e. The van der Waals surface area contributed by atoms with Crippen molar-refractivity contribution in [1.29, 1.82) is 0 Å². The van der Waals surface area contributed by atoms with E-state index >= 15 is 0 Å². The lowest BCUT2D eigenvalue weighted by molar-refractivity contribution is 0.414. The summed E-state index contributed by atoms with van der Waals surface area (Å²) in [4.78, 5) is -0.440. The van der Waals surface area contributed by atoms with Gasteiger partial charge in [0.1, 0.15) is 17.4 Å². The van der Waals surface area contributed by atoms with Crippen molar-refractivity contribution in [3.63, 3.8) is 0 Å². The Kier molecular flexibility index (Phi) is 4.58. The summed E-state index contributed by atoms with van der Waals surface area (Å²) in [6.45, 7) is 0. The Hall–Kier alpha value is -0.940. The maximum absolute atomic E-state index is 13.9. The molecular weight excluding hydrogens is 382 g/mol. The lowest BCUT2D eigenvalue weighted by atomic mass is 10.0. The number of hydrogen-bond acceptors (Lipinski definition) is 1. The molecule has 1 atom stereocenters. The average molecular weight is 392 g/mol. The van der Waals surface area contributed by atoms with Crippen molar-refractivity contribution in [2.24, 2.45) is 0 Å². The molecule has 19 heavy (non-hydrogen) atoms. The Balaban J connectivity index is 2.43. The van der Waals surface area contributed by atoms with Crippen LogP contribution in [-0.4, -0.2) is 7.11 Å². The van der Waals surface area contributed by atoms with Gasteiger partial charge in [0.15, 0.2) is 0 Å². The van der Waals surface area contributed by atoms with Gasteiger partial charge < -0.3 is 4.74 Å². The second-order valence-corrected chi connectivity index (χ2v) is 5.70. The summed E-state index contributed by atoms with van der Waals surface area (Å²) in [6.07, 6.45) is 0. The van der Waals surface area contributed by atoms with Gasteiger partial charge in [-0.25, -0.2) is 8.78 Å². The number of methoxy groups -OCH3 is 1. The molecule has 0 aliphatic rings. The number of benzene rings is 2. The first-order valence-corrected chi connectivity index (χ1v) is 7.16. The van der Waals surface area contributed by atoms with Gasteiger partial charge in [0.2, 0.25) is 0 Å². The molecule has 0 aromatic heterocycles. The highest BCUT2D eigenvalue weighted by Gasteiger charge is 2.18. The van der Waals surface area contributed by atoms with Crippen LogP contribution in [0.25, 0.3) is 0 Å². The molecule has 0 heterocycles. The fourth-order valence-corrected chi connectivity index (χ4v) is 2.66. The zero-order valence-corrected chi connectivity index (χ0v) is 13.1. The minimum Gasteiger partial charge on any atom is -0.497 e. The Morgan fingerprint density at radius 1 is 1.11 bits per heavy atom. The van der Waals surface area contributed by atoms with Crippen molar-refractivity contribution in [2.45, 2.75) is 4.83 Å². The minimum absolute atomic E-state index is 0.110. The van der Waals surface area contributed by atoms with Gasteiger partial charge in [-0.2, -0.15) is 0 Å². The third-order valence-electron chi connectivity index (χ3n) is 2.70. The number of rotatable bonds is 3. The number of halogens is 4. The Bertz CT molecular complexity index is 602. The molecule has 0 aliphatic heterocycles. The van der Waals surface area contributed by atoms with Crippen molar-refractivity contribution in [2.75, 3.05) is 7.11 Å². The molecule has 0 bridgehead atoms. The number of hydrogen-bond donors (Lipinski definition) is 0. The Labute approximate surface area is 126 Å². The second kappa shape index (κ2) is 6.01. The number of alkyl halides is 1. The van der Waals surface area contributed by atoms with E-state index in [1.54, 1.807) is 25.3 Å². The van der Waals surface area contributed by atoms with Gasteiger partial charge in [-0.15, -0.1) is 0 Å². The first-order valence-electron chi connectivity index (χ1n) is 5.45. The van der Waals surface area contributed by atoms with E-state index in [0.29, 0.717) is 5.75 Å². The summed E-state index contributed by atoms with van der Waals surface area (Å²) in [6, 6.07) is 9.49. The molecule has 1 unspecified atom stereocenters. The van der Waals surface area contributed by atoms with E-state index in [9.17, 15) is 8.78 Å². The molecule has 0 amide bonds. The van der Waals surface area contributed by atoms with Gasteiger partial charge in [0.25, 0.3) is 0 Å². The highest BCUT2D eigenvalue weighted by atomic mass is 79.9. The SMILES string of the molecule is COc1cccc(C(Br)c2cc(F)c(Br)cc2F)c1. The van der Waals surface area contributed by atoms with E-state index < -0.39 is 16.5 Å². The summed E-state index contributed by atoms with van der Waals surface area (Å²) in [5.41, 5.74) is 1.04. The monoisotopic (exact) mass is 390 g/mol. The van der Waals surface area contributed by atoms with E-state index in [2.05, 4.69) is 31.9 Å². The predicted octanol–water partition coefficient (Wildman–Crippen LogP) is 5.22. The fourth-order valence-electron chi connectivity index (χ4n) is 1.71. The van der Waals surface area contributed by atoms with Crippen molar-refractivity contribution in [1.82, 2.24) is 0 Å². The second-order valence-electron chi connectivity index (χ2n) is 3.93. The van der Waals surface area contributed by atoms with Gasteiger partial charge in [-0.1, -0.05) is 28.1 Å². The van der Waals surface area contributed by atoms with Crippen LogP contribution in [0.4, 0.5) is 8.78 Å². The summed E-state index contributed by atoms with van der Waals surface area (Å²) in [7, 11) is 1.56. The molecule has 100 valence electrons.